The Bertz CT molecular complexity index is 398. The second kappa shape index (κ2) is 6.58. The highest BCUT2D eigenvalue weighted by atomic mass is 19.4. The van der Waals surface area contributed by atoms with Gasteiger partial charge in [-0.25, -0.2) is 0 Å². The molecule has 1 atom stereocenters. The molecule has 1 aliphatic rings. The van der Waals surface area contributed by atoms with E-state index in [-0.39, 0.29) is 31.5 Å². The van der Waals surface area contributed by atoms with Crippen molar-refractivity contribution >= 4 is 17.7 Å². The van der Waals surface area contributed by atoms with Crippen molar-refractivity contribution in [3.05, 3.63) is 0 Å². The zero-order valence-corrected chi connectivity index (χ0v) is 10.9. The van der Waals surface area contributed by atoms with E-state index < -0.39 is 31.0 Å². The lowest BCUT2D eigenvalue weighted by Gasteiger charge is -2.26. The van der Waals surface area contributed by atoms with Crippen LogP contribution in [0, 0.1) is 0 Å². The van der Waals surface area contributed by atoms with E-state index >= 15 is 0 Å². The first-order valence-electron chi connectivity index (χ1n) is 6.08. The number of carbonyl (C=O) groups is 3. The number of hydrogen-bond acceptors (Lipinski definition) is 3. The highest BCUT2D eigenvalue weighted by molar-refractivity contribution is 5.97. The first kappa shape index (κ1) is 16.3. The Hall–Kier alpha value is -1.80. The van der Waals surface area contributed by atoms with E-state index in [0.717, 1.165) is 0 Å². The molecule has 114 valence electrons. The molecule has 0 radical (unpaired) electrons. The molecule has 3 amide bonds. The van der Waals surface area contributed by atoms with Gasteiger partial charge in [0, 0.05) is 25.6 Å². The third-order valence-electron chi connectivity index (χ3n) is 2.81. The van der Waals surface area contributed by atoms with Crippen LogP contribution < -0.4 is 10.6 Å². The number of amides is 3. The van der Waals surface area contributed by atoms with E-state index in [4.69, 9.17) is 0 Å². The molecule has 0 aromatic heterocycles. The summed E-state index contributed by atoms with van der Waals surface area (Å²) in [5.74, 6) is -1.77. The Balaban J connectivity index is 2.48. The first-order chi connectivity index (χ1) is 9.19. The second-order valence-electron chi connectivity index (χ2n) is 4.56. The first-order valence-corrected chi connectivity index (χ1v) is 6.08. The highest BCUT2D eigenvalue weighted by Crippen LogP contribution is 2.13. The Kier molecular flexibility index (Phi) is 5.34. The van der Waals surface area contributed by atoms with Crippen molar-refractivity contribution < 1.29 is 27.6 Å². The summed E-state index contributed by atoms with van der Waals surface area (Å²) in [5, 5.41) is 4.21. The van der Waals surface area contributed by atoms with Gasteiger partial charge < -0.3 is 15.5 Å². The minimum Gasteiger partial charge on any atom is -0.354 e. The third kappa shape index (κ3) is 5.45. The van der Waals surface area contributed by atoms with Crippen molar-refractivity contribution in [3.8, 4) is 0 Å². The van der Waals surface area contributed by atoms with Crippen LogP contribution in [0.3, 0.4) is 0 Å². The minimum absolute atomic E-state index is 0.107. The number of alkyl halides is 3. The molecule has 1 aliphatic heterocycles. The van der Waals surface area contributed by atoms with Crippen LogP contribution in [0.25, 0.3) is 0 Å². The lowest BCUT2D eigenvalue weighted by Crippen LogP contribution is -2.43. The fourth-order valence-corrected chi connectivity index (χ4v) is 1.86. The van der Waals surface area contributed by atoms with Crippen LogP contribution in [-0.4, -0.2) is 54.5 Å². The van der Waals surface area contributed by atoms with Gasteiger partial charge >= 0.3 is 6.18 Å². The van der Waals surface area contributed by atoms with E-state index in [0.29, 0.717) is 0 Å². The van der Waals surface area contributed by atoms with Crippen LogP contribution in [0.1, 0.15) is 19.8 Å². The number of carbonyl (C=O) groups excluding carboxylic acids is 3. The predicted octanol–water partition coefficient (Wildman–Crippen LogP) is -0.208. The number of nitrogens with one attached hydrogen (secondary N) is 2. The molecule has 0 bridgehead atoms. The molecule has 2 N–H and O–H groups in total. The van der Waals surface area contributed by atoms with E-state index in [1.165, 1.54) is 4.90 Å². The average Bonchev–Trinajstić information content (AvgIpc) is 2.46. The molecule has 6 nitrogen and oxygen atoms in total. The SMILES string of the molecule is CC1CC(=O)NCCN1C(=O)CC(=O)NCC(F)(F)F. The molecule has 0 saturated carbocycles. The topological polar surface area (TPSA) is 78.5 Å². The van der Waals surface area contributed by atoms with E-state index in [1.54, 1.807) is 12.2 Å². The number of halogens is 3. The van der Waals surface area contributed by atoms with Crippen molar-refractivity contribution in [1.29, 1.82) is 0 Å². The quantitative estimate of drug-likeness (QED) is 0.707. The smallest absolute Gasteiger partial charge is 0.354 e. The number of hydrogen-bond donors (Lipinski definition) is 2. The Morgan fingerprint density at radius 3 is 2.70 bits per heavy atom. The summed E-state index contributed by atoms with van der Waals surface area (Å²) in [6.45, 7) is 0.683. The number of rotatable bonds is 3. The van der Waals surface area contributed by atoms with Crippen molar-refractivity contribution in [3.63, 3.8) is 0 Å². The molecule has 0 spiro atoms. The summed E-state index contributed by atoms with van der Waals surface area (Å²) >= 11 is 0. The standard InChI is InChI=1S/C11H16F3N3O3/c1-7-4-8(18)15-2-3-17(7)10(20)5-9(19)16-6-11(12,13)14/h7H,2-6H2,1H3,(H,15,18)(H,16,19). The Morgan fingerprint density at radius 1 is 1.45 bits per heavy atom. The molecular formula is C11H16F3N3O3. The summed E-state index contributed by atoms with van der Waals surface area (Å²) in [7, 11) is 0. The predicted molar refractivity (Wildman–Crippen MR) is 62.5 cm³/mol. The van der Waals surface area contributed by atoms with Gasteiger partial charge in [0.1, 0.15) is 13.0 Å². The number of nitrogens with zero attached hydrogens (tertiary/aromatic N) is 1. The molecule has 1 unspecified atom stereocenters. The van der Waals surface area contributed by atoms with E-state index in [2.05, 4.69) is 5.32 Å². The maximum Gasteiger partial charge on any atom is 0.405 e. The molecule has 1 fully saturated rings. The second-order valence-corrected chi connectivity index (χ2v) is 4.56. The van der Waals surface area contributed by atoms with Crippen LogP contribution in [0.4, 0.5) is 13.2 Å². The fraction of sp³-hybridized carbons (Fsp3) is 0.727. The minimum atomic E-state index is -4.51. The Morgan fingerprint density at radius 2 is 2.10 bits per heavy atom. The lowest BCUT2D eigenvalue weighted by molar-refractivity contribution is -0.144. The molecular weight excluding hydrogens is 279 g/mol. The molecule has 1 saturated heterocycles. The average molecular weight is 295 g/mol. The third-order valence-corrected chi connectivity index (χ3v) is 2.81. The van der Waals surface area contributed by atoms with Gasteiger partial charge in [0.25, 0.3) is 0 Å². The van der Waals surface area contributed by atoms with Crippen LogP contribution in [0.5, 0.6) is 0 Å². The zero-order valence-electron chi connectivity index (χ0n) is 10.9. The largest absolute Gasteiger partial charge is 0.405 e. The van der Waals surface area contributed by atoms with Gasteiger partial charge in [-0.1, -0.05) is 0 Å². The van der Waals surface area contributed by atoms with Crippen molar-refractivity contribution in [1.82, 2.24) is 15.5 Å². The molecule has 9 heteroatoms. The molecule has 1 heterocycles. The maximum atomic E-state index is 11.9. The van der Waals surface area contributed by atoms with Crippen molar-refractivity contribution in [2.75, 3.05) is 19.6 Å². The summed E-state index contributed by atoms with van der Waals surface area (Å²) in [4.78, 5) is 35.7. The molecule has 0 aromatic rings. The van der Waals surface area contributed by atoms with E-state index in [9.17, 15) is 27.6 Å². The van der Waals surface area contributed by atoms with Gasteiger partial charge in [-0.15, -0.1) is 0 Å². The monoisotopic (exact) mass is 295 g/mol. The van der Waals surface area contributed by atoms with Gasteiger partial charge in [0.15, 0.2) is 0 Å². The summed E-state index contributed by atoms with van der Waals surface area (Å²) in [6, 6.07) is -0.389. The molecule has 20 heavy (non-hydrogen) atoms. The normalized spacial score (nSPS) is 20.1. The van der Waals surface area contributed by atoms with Crippen LogP contribution >= 0.6 is 0 Å². The van der Waals surface area contributed by atoms with Crippen LogP contribution in [0.15, 0.2) is 0 Å². The summed E-state index contributed by atoms with van der Waals surface area (Å²) in [5.41, 5.74) is 0. The molecule has 0 aliphatic carbocycles. The molecule has 0 aromatic carbocycles. The van der Waals surface area contributed by atoms with Crippen LogP contribution in [-0.2, 0) is 14.4 Å². The fourth-order valence-electron chi connectivity index (χ4n) is 1.86. The van der Waals surface area contributed by atoms with Gasteiger partial charge in [-0.3, -0.25) is 14.4 Å². The summed E-state index contributed by atoms with van der Waals surface area (Å²) < 4.78 is 35.7. The Labute approximate surface area is 113 Å². The zero-order chi connectivity index (χ0) is 15.3. The lowest BCUT2D eigenvalue weighted by atomic mass is 10.2. The van der Waals surface area contributed by atoms with Gasteiger partial charge in [-0.2, -0.15) is 13.2 Å². The molecule has 1 rings (SSSR count). The maximum absolute atomic E-state index is 11.9. The van der Waals surface area contributed by atoms with Crippen LogP contribution in [0.2, 0.25) is 0 Å². The van der Waals surface area contributed by atoms with Gasteiger partial charge in [0.05, 0.1) is 0 Å². The van der Waals surface area contributed by atoms with Gasteiger partial charge in [0.2, 0.25) is 17.7 Å². The highest BCUT2D eigenvalue weighted by Gasteiger charge is 2.30. The summed E-state index contributed by atoms with van der Waals surface area (Å²) in [6.07, 6.45) is -5.06. The van der Waals surface area contributed by atoms with E-state index in [1.807, 2.05) is 0 Å². The van der Waals surface area contributed by atoms with Crippen molar-refractivity contribution in [2.24, 2.45) is 0 Å². The van der Waals surface area contributed by atoms with Gasteiger partial charge in [-0.05, 0) is 6.92 Å². The van der Waals surface area contributed by atoms with Crippen molar-refractivity contribution in [2.45, 2.75) is 32.0 Å².